The van der Waals surface area contributed by atoms with Crippen LogP contribution in [0, 0.1) is 24.2 Å². The second-order valence-corrected chi connectivity index (χ2v) is 6.41. The number of amides is 1. The van der Waals surface area contributed by atoms with Crippen LogP contribution < -0.4 is 16.0 Å². The highest BCUT2D eigenvalue weighted by Gasteiger charge is 2.08. The van der Waals surface area contributed by atoms with Gasteiger partial charge < -0.3 is 16.0 Å². The van der Waals surface area contributed by atoms with Crippen LogP contribution in [-0.2, 0) is 0 Å². The molecule has 140 valence electrons. The largest absolute Gasteiger partial charge is 0.384 e. The average Bonchev–Trinajstić information content (AvgIpc) is 2.66. The van der Waals surface area contributed by atoms with Gasteiger partial charge in [-0.2, -0.15) is 0 Å². The Morgan fingerprint density at radius 2 is 2.04 bits per heavy atom. The molecule has 0 aliphatic heterocycles. The quantitative estimate of drug-likeness (QED) is 0.420. The maximum Gasteiger partial charge on any atom is 0.251 e. The number of nitrogens with two attached hydrogens (primary N) is 1. The summed E-state index contributed by atoms with van der Waals surface area (Å²) in [5.74, 6) is 6.30. The fraction of sp³-hybridized carbons (Fsp3) is 0.273. The lowest BCUT2D eigenvalue weighted by Gasteiger charge is -2.16. The van der Waals surface area contributed by atoms with Gasteiger partial charge in [0.05, 0.1) is 6.54 Å². The number of nitrogens with one attached hydrogen (secondary N) is 2. The van der Waals surface area contributed by atoms with E-state index in [4.69, 9.17) is 11.1 Å². The van der Waals surface area contributed by atoms with E-state index in [9.17, 15) is 4.79 Å². The molecule has 0 aliphatic carbocycles. The minimum absolute atomic E-state index is 0.0426. The van der Waals surface area contributed by atoms with Gasteiger partial charge in [0.15, 0.2) is 0 Å². The zero-order valence-electron chi connectivity index (χ0n) is 16.1. The molecule has 0 atom stereocenters. The van der Waals surface area contributed by atoms with E-state index >= 15 is 0 Å². The summed E-state index contributed by atoms with van der Waals surface area (Å²) in [7, 11) is 1.94. The Bertz CT molecular complexity index is 893. The van der Waals surface area contributed by atoms with E-state index in [2.05, 4.69) is 17.2 Å². The average molecular weight is 362 g/mol. The maximum absolute atomic E-state index is 12.1. The summed E-state index contributed by atoms with van der Waals surface area (Å²) < 4.78 is 0. The number of carbonyl (C=O) groups is 1. The van der Waals surface area contributed by atoms with E-state index in [0.717, 1.165) is 23.2 Å². The number of anilines is 1. The van der Waals surface area contributed by atoms with Crippen molar-refractivity contribution in [1.29, 1.82) is 5.41 Å². The van der Waals surface area contributed by atoms with Crippen molar-refractivity contribution < 1.29 is 4.79 Å². The lowest BCUT2D eigenvalue weighted by Crippen LogP contribution is -2.24. The van der Waals surface area contributed by atoms with Crippen LogP contribution in [0.15, 0.2) is 42.5 Å². The molecule has 4 N–H and O–H groups in total. The molecule has 0 aliphatic rings. The van der Waals surface area contributed by atoms with Crippen LogP contribution in [0.3, 0.4) is 0 Å². The molecule has 0 bridgehead atoms. The Kier molecular flexibility index (Phi) is 7.01. The molecule has 0 heterocycles. The standard InChI is InChI=1S/C22H26N4O/c1-4-12-25-22(27)20-11-10-17(14-16(20)2)7-6-13-26(3)19-9-5-8-18(15-19)21(23)24/h5,8-11,14-15H,4,12-13H2,1-3H3,(H3,23,24)(H,25,27). The summed E-state index contributed by atoms with van der Waals surface area (Å²) in [6.45, 7) is 5.17. The number of benzene rings is 2. The minimum atomic E-state index is -0.0426. The summed E-state index contributed by atoms with van der Waals surface area (Å²) >= 11 is 0. The fourth-order valence-electron chi connectivity index (χ4n) is 2.59. The van der Waals surface area contributed by atoms with Crippen molar-refractivity contribution in [1.82, 2.24) is 5.32 Å². The van der Waals surface area contributed by atoms with Gasteiger partial charge in [-0.3, -0.25) is 10.2 Å². The monoisotopic (exact) mass is 362 g/mol. The van der Waals surface area contributed by atoms with Crippen molar-refractivity contribution in [2.45, 2.75) is 20.3 Å². The van der Waals surface area contributed by atoms with Crippen LogP contribution in [0.5, 0.6) is 0 Å². The predicted octanol–water partition coefficient (Wildman–Crippen LogP) is 2.91. The molecule has 2 aromatic carbocycles. The number of hydrogen-bond donors (Lipinski definition) is 3. The van der Waals surface area contributed by atoms with Gasteiger partial charge in [-0.05, 0) is 49.2 Å². The number of carbonyl (C=O) groups excluding carboxylic acids is 1. The summed E-state index contributed by atoms with van der Waals surface area (Å²) in [6, 6.07) is 13.2. The van der Waals surface area contributed by atoms with Gasteiger partial charge in [0.1, 0.15) is 5.84 Å². The van der Waals surface area contributed by atoms with E-state index in [1.54, 1.807) is 0 Å². The van der Waals surface area contributed by atoms with Gasteiger partial charge in [-0.1, -0.05) is 30.9 Å². The SMILES string of the molecule is CCCNC(=O)c1ccc(C#CCN(C)c2cccc(C(=N)N)c2)cc1C. The van der Waals surface area contributed by atoms with Crippen LogP contribution in [0.2, 0.25) is 0 Å². The summed E-state index contributed by atoms with van der Waals surface area (Å²) in [5.41, 5.74) is 9.67. The van der Waals surface area contributed by atoms with Crippen molar-refractivity contribution in [2.24, 2.45) is 5.73 Å². The Hall–Kier alpha value is -3.26. The minimum Gasteiger partial charge on any atom is -0.384 e. The lowest BCUT2D eigenvalue weighted by molar-refractivity contribution is 0.0953. The number of amidine groups is 1. The Labute approximate surface area is 161 Å². The molecule has 0 saturated heterocycles. The zero-order chi connectivity index (χ0) is 19.8. The first-order chi connectivity index (χ1) is 12.9. The highest BCUT2D eigenvalue weighted by atomic mass is 16.1. The van der Waals surface area contributed by atoms with Gasteiger partial charge >= 0.3 is 0 Å². The fourth-order valence-corrected chi connectivity index (χ4v) is 2.59. The van der Waals surface area contributed by atoms with E-state index in [-0.39, 0.29) is 11.7 Å². The molecule has 2 aromatic rings. The number of hydrogen-bond acceptors (Lipinski definition) is 3. The van der Waals surface area contributed by atoms with E-state index in [1.807, 2.05) is 68.3 Å². The van der Waals surface area contributed by atoms with Crippen molar-refractivity contribution in [2.75, 3.05) is 25.0 Å². The molecular weight excluding hydrogens is 336 g/mol. The topological polar surface area (TPSA) is 82.2 Å². The normalized spacial score (nSPS) is 9.89. The maximum atomic E-state index is 12.1. The molecular formula is C22H26N4O. The molecule has 5 nitrogen and oxygen atoms in total. The predicted molar refractivity (Wildman–Crippen MR) is 111 cm³/mol. The highest BCUT2D eigenvalue weighted by molar-refractivity contribution is 5.96. The molecule has 0 unspecified atom stereocenters. The highest BCUT2D eigenvalue weighted by Crippen LogP contribution is 2.14. The first kappa shape index (κ1) is 20.1. The van der Waals surface area contributed by atoms with Gasteiger partial charge in [0, 0.05) is 36.0 Å². The van der Waals surface area contributed by atoms with E-state index in [1.165, 1.54) is 0 Å². The summed E-state index contributed by atoms with van der Waals surface area (Å²) in [4.78, 5) is 14.1. The third-order valence-electron chi connectivity index (χ3n) is 4.15. The Balaban J connectivity index is 2.05. The second-order valence-electron chi connectivity index (χ2n) is 6.41. The molecule has 0 radical (unpaired) electrons. The number of nitrogens with zero attached hydrogens (tertiary/aromatic N) is 1. The van der Waals surface area contributed by atoms with Crippen LogP contribution in [0.25, 0.3) is 0 Å². The van der Waals surface area contributed by atoms with Gasteiger partial charge in [-0.15, -0.1) is 0 Å². The zero-order valence-corrected chi connectivity index (χ0v) is 16.1. The Morgan fingerprint density at radius 1 is 1.26 bits per heavy atom. The number of aryl methyl sites for hydroxylation is 1. The molecule has 0 aromatic heterocycles. The van der Waals surface area contributed by atoms with E-state index in [0.29, 0.717) is 24.2 Å². The molecule has 2 rings (SSSR count). The number of rotatable bonds is 6. The molecule has 0 saturated carbocycles. The molecule has 5 heteroatoms. The second kappa shape index (κ2) is 9.44. The smallest absolute Gasteiger partial charge is 0.251 e. The van der Waals surface area contributed by atoms with Gasteiger partial charge in [0.25, 0.3) is 5.91 Å². The molecule has 27 heavy (non-hydrogen) atoms. The van der Waals surface area contributed by atoms with E-state index < -0.39 is 0 Å². The first-order valence-electron chi connectivity index (χ1n) is 8.95. The third kappa shape index (κ3) is 5.61. The lowest BCUT2D eigenvalue weighted by atomic mass is 10.0. The van der Waals surface area contributed by atoms with Crippen LogP contribution in [-0.4, -0.2) is 31.9 Å². The van der Waals surface area contributed by atoms with Crippen molar-refractivity contribution in [3.8, 4) is 11.8 Å². The molecule has 1 amide bonds. The molecule has 0 fully saturated rings. The van der Waals surface area contributed by atoms with Crippen LogP contribution >= 0.6 is 0 Å². The van der Waals surface area contributed by atoms with Gasteiger partial charge in [0.2, 0.25) is 0 Å². The summed E-state index contributed by atoms with van der Waals surface area (Å²) in [6.07, 6.45) is 0.914. The molecule has 0 spiro atoms. The van der Waals surface area contributed by atoms with Crippen molar-refractivity contribution in [3.63, 3.8) is 0 Å². The van der Waals surface area contributed by atoms with Crippen molar-refractivity contribution in [3.05, 3.63) is 64.7 Å². The summed E-state index contributed by atoms with van der Waals surface area (Å²) in [5, 5.41) is 10.4. The van der Waals surface area contributed by atoms with Crippen molar-refractivity contribution >= 4 is 17.4 Å². The third-order valence-corrected chi connectivity index (χ3v) is 4.15. The number of nitrogen functional groups attached to an aromatic ring is 1. The van der Waals surface area contributed by atoms with Gasteiger partial charge in [-0.25, -0.2) is 0 Å². The van der Waals surface area contributed by atoms with Crippen LogP contribution in [0.1, 0.15) is 40.4 Å². The Morgan fingerprint density at radius 3 is 2.70 bits per heavy atom. The first-order valence-corrected chi connectivity index (χ1v) is 8.95. The van der Waals surface area contributed by atoms with Crippen LogP contribution in [0.4, 0.5) is 5.69 Å².